The van der Waals surface area contributed by atoms with Crippen molar-refractivity contribution in [3.05, 3.63) is 65.7 Å². The topological polar surface area (TPSA) is 86.0 Å². The molecule has 0 aliphatic carbocycles. The second-order valence-corrected chi connectivity index (χ2v) is 5.29. The molecule has 1 aromatic heterocycles. The van der Waals surface area contributed by atoms with Crippen molar-refractivity contribution in [3.8, 4) is 5.75 Å². The first-order valence-corrected chi connectivity index (χ1v) is 7.88. The van der Waals surface area contributed by atoms with Gasteiger partial charge < -0.3 is 15.8 Å². The standard InChI is InChI=1S/C18H18FN5O/c1-2-12-7-3-5-9-14(12)21-18-23-16(22-17(20)24-18)11-25-15-10-6-4-8-13(15)19/h3-10H,2,11H2,1H3,(H3,20,21,22,23,24). The first-order chi connectivity index (χ1) is 12.2. The molecular formula is C18H18FN5O. The molecule has 128 valence electrons. The van der Waals surface area contributed by atoms with Gasteiger partial charge >= 0.3 is 0 Å². The third-order valence-electron chi connectivity index (χ3n) is 3.54. The molecule has 6 nitrogen and oxygen atoms in total. The van der Waals surface area contributed by atoms with Crippen LogP contribution in [-0.2, 0) is 13.0 Å². The molecule has 3 aromatic rings. The summed E-state index contributed by atoms with van der Waals surface area (Å²) in [5.41, 5.74) is 7.78. The van der Waals surface area contributed by atoms with E-state index in [1.54, 1.807) is 12.1 Å². The van der Waals surface area contributed by atoms with Gasteiger partial charge in [0.05, 0.1) is 0 Å². The summed E-state index contributed by atoms with van der Waals surface area (Å²) in [6, 6.07) is 14.0. The molecule has 0 fully saturated rings. The number of nitrogens with one attached hydrogen (secondary N) is 1. The lowest BCUT2D eigenvalue weighted by Crippen LogP contribution is -2.10. The van der Waals surface area contributed by atoms with Crippen LogP contribution in [0.25, 0.3) is 0 Å². The van der Waals surface area contributed by atoms with E-state index in [-0.39, 0.29) is 18.3 Å². The highest BCUT2D eigenvalue weighted by Crippen LogP contribution is 2.20. The van der Waals surface area contributed by atoms with E-state index in [1.807, 2.05) is 24.3 Å². The summed E-state index contributed by atoms with van der Waals surface area (Å²) in [5.74, 6) is 0.387. The molecule has 0 saturated heterocycles. The fraction of sp³-hybridized carbons (Fsp3) is 0.167. The average Bonchev–Trinajstić information content (AvgIpc) is 2.61. The summed E-state index contributed by atoms with van der Waals surface area (Å²) in [6.07, 6.45) is 0.868. The molecule has 3 N–H and O–H groups in total. The second-order valence-electron chi connectivity index (χ2n) is 5.29. The Hall–Kier alpha value is -3.22. The zero-order valence-electron chi connectivity index (χ0n) is 13.7. The predicted molar refractivity (Wildman–Crippen MR) is 94.1 cm³/mol. The van der Waals surface area contributed by atoms with Gasteiger partial charge in [0.2, 0.25) is 11.9 Å². The average molecular weight is 339 g/mol. The third-order valence-corrected chi connectivity index (χ3v) is 3.54. The minimum atomic E-state index is -0.445. The van der Waals surface area contributed by atoms with Crippen molar-refractivity contribution in [1.29, 1.82) is 0 Å². The van der Waals surface area contributed by atoms with E-state index in [9.17, 15) is 4.39 Å². The van der Waals surface area contributed by atoms with Crippen LogP contribution in [-0.4, -0.2) is 15.0 Å². The summed E-state index contributed by atoms with van der Waals surface area (Å²) in [6.45, 7) is 2.05. The smallest absolute Gasteiger partial charge is 0.232 e. The van der Waals surface area contributed by atoms with E-state index in [4.69, 9.17) is 10.5 Å². The van der Waals surface area contributed by atoms with Crippen molar-refractivity contribution in [1.82, 2.24) is 15.0 Å². The molecule has 0 saturated carbocycles. The van der Waals surface area contributed by atoms with E-state index in [0.717, 1.165) is 17.7 Å². The number of nitrogens with two attached hydrogens (primary N) is 1. The zero-order chi connectivity index (χ0) is 17.6. The van der Waals surface area contributed by atoms with Crippen LogP contribution >= 0.6 is 0 Å². The molecule has 0 atom stereocenters. The lowest BCUT2D eigenvalue weighted by Gasteiger charge is -2.11. The molecule has 7 heteroatoms. The van der Waals surface area contributed by atoms with E-state index in [0.29, 0.717) is 11.8 Å². The monoisotopic (exact) mass is 339 g/mol. The van der Waals surface area contributed by atoms with Crippen molar-refractivity contribution in [2.75, 3.05) is 11.1 Å². The minimum absolute atomic E-state index is 0.0161. The van der Waals surface area contributed by atoms with Crippen LogP contribution in [0.5, 0.6) is 5.75 Å². The first kappa shape index (κ1) is 16.6. The quantitative estimate of drug-likeness (QED) is 0.715. The van der Waals surface area contributed by atoms with Gasteiger partial charge in [0.1, 0.15) is 6.61 Å². The number of aryl methyl sites for hydroxylation is 1. The molecule has 0 spiro atoms. The van der Waals surface area contributed by atoms with Crippen molar-refractivity contribution >= 4 is 17.6 Å². The summed E-state index contributed by atoms with van der Waals surface area (Å²) in [5, 5.41) is 3.14. The molecular weight excluding hydrogens is 321 g/mol. The van der Waals surface area contributed by atoms with Gasteiger partial charge in [-0.2, -0.15) is 15.0 Å². The first-order valence-electron chi connectivity index (χ1n) is 7.88. The Morgan fingerprint density at radius 3 is 2.60 bits per heavy atom. The van der Waals surface area contributed by atoms with Gasteiger partial charge in [0.25, 0.3) is 0 Å². The highest BCUT2D eigenvalue weighted by Gasteiger charge is 2.09. The molecule has 0 amide bonds. The Morgan fingerprint density at radius 1 is 1.04 bits per heavy atom. The van der Waals surface area contributed by atoms with Gasteiger partial charge in [-0.05, 0) is 30.2 Å². The number of hydrogen-bond donors (Lipinski definition) is 2. The highest BCUT2D eigenvalue weighted by molar-refractivity contribution is 5.58. The molecule has 2 aromatic carbocycles. The van der Waals surface area contributed by atoms with Gasteiger partial charge in [-0.1, -0.05) is 37.3 Å². The van der Waals surface area contributed by atoms with Crippen LogP contribution < -0.4 is 15.8 Å². The van der Waals surface area contributed by atoms with Gasteiger partial charge in [0.15, 0.2) is 17.4 Å². The normalized spacial score (nSPS) is 10.5. The number of halogens is 1. The lowest BCUT2D eigenvalue weighted by molar-refractivity contribution is 0.281. The molecule has 0 bridgehead atoms. The Kier molecular flexibility index (Phi) is 5.03. The number of nitrogens with zero attached hydrogens (tertiary/aromatic N) is 3. The largest absolute Gasteiger partial charge is 0.483 e. The van der Waals surface area contributed by atoms with E-state index in [2.05, 4.69) is 27.2 Å². The molecule has 3 rings (SSSR count). The molecule has 0 radical (unpaired) electrons. The fourth-order valence-corrected chi connectivity index (χ4v) is 2.33. The number of nitrogen functional groups attached to an aromatic ring is 1. The maximum atomic E-state index is 13.6. The fourth-order valence-electron chi connectivity index (χ4n) is 2.33. The second kappa shape index (κ2) is 7.57. The van der Waals surface area contributed by atoms with Crippen molar-refractivity contribution in [3.63, 3.8) is 0 Å². The summed E-state index contributed by atoms with van der Waals surface area (Å²) in [4.78, 5) is 12.4. The Morgan fingerprint density at radius 2 is 1.80 bits per heavy atom. The molecule has 0 aliphatic heterocycles. The number of anilines is 3. The maximum Gasteiger partial charge on any atom is 0.232 e. The number of aromatic nitrogens is 3. The number of benzene rings is 2. The van der Waals surface area contributed by atoms with Gasteiger partial charge in [-0.25, -0.2) is 4.39 Å². The van der Waals surface area contributed by atoms with Crippen LogP contribution in [0.3, 0.4) is 0 Å². The van der Waals surface area contributed by atoms with E-state index < -0.39 is 5.82 Å². The predicted octanol–water partition coefficient (Wildman–Crippen LogP) is 3.48. The van der Waals surface area contributed by atoms with Gasteiger partial charge in [-0.3, -0.25) is 0 Å². The van der Waals surface area contributed by atoms with E-state index in [1.165, 1.54) is 12.1 Å². The minimum Gasteiger partial charge on any atom is -0.483 e. The number of hydrogen-bond acceptors (Lipinski definition) is 6. The number of ether oxygens (including phenoxy) is 1. The highest BCUT2D eigenvalue weighted by atomic mass is 19.1. The Labute approximate surface area is 144 Å². The number of para-hydroxylation sites is 2. The van der Waals surface area contributed by atoms with Crippen molar-refractivity contribution in [2.24, 2.45) is 0 Å². The molecule has 0 aliphatic rings. The Bertz CT molecular complexity index is 872. The summed E-state index contributed by atoms with van der Waals surface area (Å²) in [7, 11) is 0. The molecule has 0 unspecified atom stereocenters. The van der Waals surface area contributed by atoms with Gasteiger partial charge in [-0.15, -0.1) is 0 Å². The van der Waals surface area contributed by atoms with Gasteiger partial charge in [0, 0.05) is 5.69 Å². The maximum absolute atomic E-state index is 13.6. The number of rotatable bonds is 6. The Balaban J connectivity index is 1.77. The van der Waals surface area contributed by atoms with Crippen molar-refractivity contribution in [2.45, 2.75) is 20.0 Å². The molecule has 1 heterocycles. The van der Waals surface area contributed by atoms with Crippen LogP contribution in [0.15, 0.2) is 48.5 Å². The van der Waals surface area contributed by atoms with Crippen LogP contribution in [0.1, 0.15) is 18.3 Å². The third kappa shape index (κ3) is 4.20. The SMILES string of the molecule is CCc1ccccc1Nc1nc(N)nc(COc2ccccc2F)n1. The van der Waals surface area contributed by atoms with Crippen molar-refractivity contribution < 1.29 is 9.13 Å². The molecule has 25 heavy (non-hydrogen) atoms. The van der Waals surface area contributed by atoms with Crippen LogP contribution in [0.4, 0.5) is 22.0 Å². The van der Waals surface area contributed by atoms with Crippen LogP contribution in [0.2, 0.25) is 0 Å². The summed E-state index contributed by atoms with van der Waals surface area (Å²) >= 11 is 0. The van der Waals surface area contributed by atoms with E-state index >= 15 is 0 Å². The van der Waals surface area contributed by atoms with Crippen LogP contribution in [0, 0.1) is 5.82 Å². The summed E-state index contributed by atoms with van der Waals surface area (Å²) < 4.78 is 19.0. The zero-order valence-corrected chi connectivity index (χ0v) is 13.7. The lowest BCUT2D eigenvalue weighted by atomic mass is 10.1.